The quantitative estimate of drug-likeness (QED) is 0.671. The van der Waals surface area contributed by atoms with Gasteiger partial charge in [-0.15, -0.1) is 10.2 Å². The first-order valence-electron chi connectivity index (χ1n) is 7.52. The fourth-order valence-corrected chi connectivity index (χ4v) is 2.76. The number of nitrogens with one attached hydrogen (secondary N) is 1. The monoisotopic (exact) mass is 359 g/mol. The second-order valence-electron chi connectivity index (χ2n) is 5.28. The number of ether oxygens (including phenoxy) is 1. The van der Waals surface area contributed by atoms with Crippen molar-refractivity contribution in [3.63, 3.8) is 0 Å². The summed E-state index contributed by atoms with van der Waals surface area (Å²) in [4.78, 5) is 12.1. The van der Waals surface area contributed by atoms with Crippen molar-refractivity contribution in [2.75, 3.05) is 18.2 Å². The Morgan fingerprint density at radius 2 is 2.12 bits per heavy atom. The van der Waals surface area contributed by atoms with E-state index in [9.17, 15) is 4.79 Å². The lowest BCUT2D eigenvalue weighted by Gasteiger charge is -2.09. The van der Waals surface area contributed by atoms with E-state index >= 15 is 0 Å². The number of aryl methyl sites for hydroxylation is 2. The number of thioether (sulfide) groups is 1. The van der Waals surface area contributed by atoms with Crippen LogP contribution in [0.3, 0.4) is 0 Å². The number of carbonyl (C=O) groups is 1. The Morgan fingerprint density at radius 1 is 1.28 bits per heavy atom. The van der Waals surface area contributed by atoms with Gasteiger partial charge in [0.15, 0.2) is 0 Å². The predicted molar refractivity (Wildman–Crippen MR) is 93.8 cm³/mol. The van der Waals surface area contributed by atoms with Gasteiger partial charge in [0.2, 0.25) is 5.91 Å². The third-order valence-electron chi connectivity index (χ3n) is 3.53. The van der Waals surface area contributed by atoms with E-state index in [2.05, 4.69) is 15.5 Å². The molecular weight excluding hydrogens is 342 g/mol. The number of anilines is 1. The average Bonchev–Trinajstić information content (AvgIpc) is 3.23. The molecule has 0 spiro atoms. The zero-order valence-electron chi connectivity index (χ0n) is 14.0. The molecule has 2 aromatic heterocycles. The van der Waals surface area contributed by atoms with E-state index in [1.807, 2.05) is 26.0 Å². The highest BCUT2D eigenvalue weighted by Crippen LogP contribution is 2.26. The van der Waals surface area contributed by atoms with E-state index < -0.39 is 0 Å². The van der Waals surface area contributed by atoms with Gasteiger partial charge < -0.3 is 18.9 Å². The Morgan fingerprint density at radius 3 is 2.80 bits per heavy atom. The predicted octanol–water partition coefficient (Wildman–Crippen LogP) is 3.69. The molecule has 1 aromatic carbocycles. The molecule has 0 aliphatic heterocycles. The maximum atomic E-state index is 12.1. The molecule has 130 valence electrons. The third-order valence-corrected chi connectivity index (χ3v) is 4.35. The molecule has 0 aliphatic carbocycles. The molecule has 1 amide bonds. The number of hydrogen-bond acceptors (Lipinski definition) is 7. The molecule has 0 atom stereocenters. The van der Waals surface area contributed by atoms with Crippen molar-refractivity contribution in [2.45, 2.75) is 19.1 Å². The Kier molecular flexibility index (Phi) is 5.08. The molecule has 0 bridgehead atoms. The minimum Gasteiger partial charge on any atom is -0.497 e. The Bertz CT molecular complexity index is 888. The topological polar surface area (TPSA) is 90.4 Å². The zero-order chi connectivity index (χ0) is 17.8. The van der Waals surface area contributed by atoms with Gasteiger partial charge >= 0.3 is 0 Å². The number of amides is 1. The number of nitrogens with zero attached hydrogens (tertiary/aromatic N) is 2. The SMILES string of the molecule is COc1ccc(NC(=O)CSc2nnc(-c3ccoc3C)o2)c(C)c1. The molecule has 1 N–H and O–H groups in total. The maximum Gasteiger partial charge on any atom is 0.277 e. The van der Waals surface area contributed by atoms with Crippen molar-refractivity contribution in [3.8, 4) is 17.2 Å². The van der Waals surface area contributed by atoms with Crippen LogP contribution in [-0.2, 0) is 4.79 Å². The molecule has 8 heteroatoms. The van der Waals surface area contributed by atoms with Crippen molar-refractivity contribution >= 4 is 23.4 Å². The summed E-state index contributed by atoms with van der Waals surface area (Å²) in [6, 6.07) is 7.23. The van der Waals surface area contributed by atoms with Gasteiger partial charge in [-0.3, -0.25) is 4.79 Å². The van der Waals surface area contributed by atoms with Gasteiger partial charge in [-0.05, 0) is 43.7 Å². The van der Waals surface area contributed by atoms with E-state index in [-0.39, 0.29) is 11.7 Å². The van der Waals surface area contributed by atoms with Gasteiger partial charge in [-0.25, -0.2) is 0 Å². The lowest BCUT2D eigenvalue weighted by molar-refractivity contribution is -0.113. The summed E-state index contributed by atoms with van der Waals surface area (Å²) in [5, 5.41) is 11.1. The number of aromatic nitrogens is 2. The van der Waals surface area contributed by atoms with Crippen LogP contribution < -0.4 is 10.1 Å². The maximum absolute atomic E-state index is 12.1. The molecule has 3 aromatic rings. The van der Waals surface area contributed by atoms with Crippen LogP contribution in [0.25, 0.3) is 11.5 Å². The smallest absolute Gasteiger partial charge is 0.277 e. The van der Waals surface area contributed by atoms with Gasteiger partial charge in [0.05, 0.1) is 24.7 Å². The summed E-state index contributed by atoms with van der Waals surface area (Å²) in [5.74, 6) is 1.83. The summed E-state index contributed by atoms with van der Waals surface area (Å²) in [6.45, 7) is 3.72. The molecule has 0 radical (unpaired) electrons. The van der Waals surface area contributed by atoms with Crippen molar-refractivity contribution in [1.82, 2.24) is 10.2 Å². The fourth-order valence-electron chi connectivity index (χ4n) is 2.20. The van der Waals surface area contributed by atoms with Crippen LogP contribution >= 0.6 is 11.8 Å². The van der Waals surface area contributed by atoms with Crippen molar-refractivity contribution in [3.05, 3.63) is 41.9 Å². The second-order valence-corrected chi connectivity index (χ2v) is 6.21. The normalized spacial score (nSPS) is 10.7. The van der Waals surface area contributed by atoms with Gasteiger partial charge in [0.1, 0.15) is 11.5 Å². The fraction of sp³-hybridized carbons (Fsp3) is 0.235. The molecule has 25 heavy (non-hydrogen) atoms. The van der Waals surface area contributed by atoms with Crippen LogP contribution in [0.5, 0.6) is 5.75 Å². The number of hydrogen-bond donors (Lipinski definition) is 1. The van der Waals surface area contributed by atoms with E-state index in [1.54, 1.807) is 25.5 Å². The highest BCUT2D eigenvalue weighted by atomic mass is 32.2. The summed E-state index contributed by atoms with van der Waals surface area (Å²) in [6.07, 6.45) is 1.56. The van der Waals surface area contributed by atoms with Crippen LogP contribution in [0.1, 0.15) is 11.3 Å². The Hall–Kier alpha value is -2.74. The largest absolute Gasteiger partial charge is 0.497 e. The summed E-state index contributed by atoms with van der Waals surface area (Å²) < 4.78 is 15.9. The van der Waals surface area contributed by atoms with Crippen molar-refractivity contribution in [2.24, 2.45) is 0 Å². The molecule has 0 unspecified atom stereocenters. The zero-order valence-corrected chi connectivity index (χ0v) is 14.8. The minimum absolute atomic E-state index is 0.155. The Labute approximate surface area is 148 Å². The highest BCUT2D eigenvalue weighted by Gasteiger charge is 2.14. The van der Waals surface area contributed by atoms with E-state index in [4.69, 9.17) is 13.6 Å². The van der Waals surface area contributed by atoms with Gasteiger partial charge in [0, 0.05) is 5.69 Å². The highest BCUT2D eigenvalue weighted by molar-refractivity contribution is 7.99. The van der Waals surface area contributed by atoms with Crippen molar-refractivity contribution in [1.29, 1.82) is 0 Å². The lowest BCUT2D eigenvalue weighted by atomic mass is 10.2. The average molecular weight is 359 g/mol. The van der Waals surface area contributed by atoms with Crippen LogP contribution in [0.4, 0.5) is 5.69 Å². The van der Waals surface area contributed by atoms with Crippen LogP contribution in [-0.4, -0.2) is 29.0 Å². The summed E-state index contributed by atoms with van der Waals surface area (Å²) in [5.41, 5.74) is 2.41. The third kappa shape index (κ3) is 4.03. The number of rotatable bonds is 6. The summed E-state index contributed by atoms with van der Waals surface area (Å²) >= 11 is 1.18. The van der Waals surface area contributed by atoms with E-state index in [0.717, 1.165) is 22.6 Å². The van der Waals surface area contributed by atoms with E-state index in [1.165, 1.54) is 11.8 Å². The first-order chi connectivity index (χ1) is 12.1. The molecule has 7 nitrogen and oxygen atoms in total. The molecule has 3 rings (SSSR count). The molecule has 2 heterocycles. The van der Waals surface area contributed by atoms with Crippen molar-refractivity contribution < 1.29 is 18.4 Å². The number of benzene rings is 1. The Balaban J connectivity index is 1.58. The molecule has 0 saturated carbocycles. The van der Waals surface area contributed by atoms with E-state index in [0.29, 0.717) is 16.9 Å². The first kappa shape index (κ1) is 17.1. The summed E-state index contributed by atoms with van der Waals surface area (Å²) in [7, 11) is 1.60. The number of carbonyl (C=O) groups excluding carboxylic acids is 1. The van der Waals surface area contributed by atoms with Gasteiger partial charge in [-0.2, -0.15) is 0 Å². The second kappa shape index (κ2) is 7.43. The van der Waals surface area contributed by atoms with Crippen LogP contribution in [0.15, 0.2) is 44.6 Å². The number of methoxy groups -OCH3 is 1. The van der Waals surface area contributed by atoms with Gasteiger partial charge in [0.25, 0.3) is 11.1 Å². The molecular formula is C17H17N3O4S. The molecule has 0 saturated heterocycles. The molecule has 0 fully saturated rings. The van der Waals surface area contributed by atoms with Crippen LogP contribution in [0, 0.1) is 13.8 Å². The number of furan rings is 1. The van der Waals surface area contributed by atoms with Gasteiger partial charge in [-0.1, -0.05) is 11.8 Å². The molecule has 0 aliphatic rings. The minimum atomic E-state index is -0.155. The first-order valence-corrected chi connectivity index (χ1v) is 8.50. The standard InChI is InChI=1S/C17H17N3O4S/c1-10-8-12(22-3)4-5-14(10)18-15(21)9-25-17-20-19-16(24-17)13-6-7-23-11(13)2/h4-8H,9H2,1-3H3,(H,18,21). The lowest BCUT2D eigenvalue weighted by Crippen LogP contribution is -2.14. The van der Waals surface area contributed by atoms with Crippen LogP contribution in [0.2, 0.25) is 0 Å².